The molecule has 0 spiro atoms. The molecule has 0 aromatic heterocycles. The van der Waals surface area contributed by atoms with Crippen LogP contribution >= 0.6 is 11.8 Å². The van der Waals surface area contributed by atoms with E-state index in [1.165, 1.54) is 35.2 Å². The Bertz CT molecular complexity index is 1030. The molecule has 0 heterocycles. The highest BCUT2D eigenvalue weighted by molar-refractivity contribution is 8.13. The number of benzene rings is 2. The van der Waals surface area contributed by atoms with Crippen LogP contribution in [0, 0.1) is 0 Å². The first-order chi connectivity index (χ1) is 12.0. The van der Waals surface area contributed by atoms with Crippen molar-refractivity contribution in [3.05, 3.63) is 48.5 Å². The summed E-state index contributed by atoms with van der Waals surface area (Å²) in [4.78, 5) is 13.1. The lowest BCUT2D eigenvalue weighted by atomic mass is 10.3. The van der Waals surface area contributed by atoms with Crippen molar-refractivity contribution in [2.24, 2.45) is 0 Å². The molecular weight excluding hydrogens is 396 g/mol. The molecule has 140 valence electrons. The van der Waals surface area contributed by atoms with Crippen LogP contribution in [0.25, 0.3) is 0 Å². The van der Waals surface area contributed by atoms with Gasteiger partial charge in [0.15, 0.2) is 9.84 Å². The second-order valence-corrected chi connectivity index (χ2v) is 10.2. The van der Waals surface area contributed by atoms with Crippen molar-refractivity contribution in [3.63, 3.8) is 0 Å². The van der Waals surface area contributed by atoms with E-state index in [-0.39, 0.29) is 20.7 Å². The van der Waals surface area contributed by atoms with Crippen molar-refractivity contribution >= 4 is 42.5 Å². The van der Waals surface area contributed by atoms with Gasteiger partial charge >= 0.3 is 0 Å². The minimum absolute atomic E-state index is 0.191. The summed E-state index contributed by atoms with van der Waals surface area (Å²) in [5.74, 6) is 0. The molecule has 0 saturated carbocycles. The standard InChI is InChI=1S/C16H18N2O5S3/c1-18(2)16(19)24-13-9-5-4-8-12(13)17-26(22,23)15-11-7-6-10-14(15)25(3,20)21/h4-11,17H,1-3H3. The molecule has 10 heteroatoms. The van der Waals surface area contributed by atoms with Crippen LogP contribution in [0.1, 0.15) is 0 Å². The Morgan fingerprint density at radius 3 is 2.04 bits per heavy atom. The summed E-state index contributed by atoms with van der Waals surface area (Å²) in [6.07, 6.45) is 0.945. The Hall–Kier alpha value is -2.04. The number of rotatable bonds is 5. The highest BCUT2D eigenvalue weighted by Gasteiger charge is 2.24. The molecule has 2 aromatic rings. The van der Waals surface area contributed by atoms with Gasteiger partial charge in [0, 0.05) is 25.2 Å². The van der Waals surface area contributed by atoms with Crippen LogP contribution in [0.15, 0.2) is 63.2 Å². The number of thioether (sulfide) groups is 1. The van der Waals surface area contributed by atoms with E-state index in [2.05, 4.69) is 4.72 Å². The van der Waals surface area contributed by atoms with Crippen LogP contribution in [0.3, 0.4) is 0 Å². The molecule has 0 aliphatic rings. The first-order valence-electron chi connectivity index (χ1n) is 7.32. The summed E-state index contributed by atoms with van der Waals surface area (Å²) >= 11 is 0.866. The summed E-state index contributed by atoms with van der Waals surface area (Å²) in [5, 5.41) is -0.270. The van der Waals surface area contributed by atoms with Gasteiger partial charge in [-0.3, -0.25) is 9.52 Å². The molecule has 2 aromatic carbocycles. The Morgan fingerprint density at radius 1 is 0.923 bits per heavy atom. The van der Waals surface area contributed by atoms with Crippen LogP contribution in [-0.2, 0) is 19.9 Å². The van der Waals surface area contributed by atoms with Gasteiger partial charge in [-0.1, -0.05) is 24.3 Å². The van der Waals surface area contributed by atoms with Gasteiger partial charge in [0.2, 0.25) is 0 Å². The maximum Gasteiger partial charge on any atom is 0.286 e. The molecule has 0 unspecified atom stereocenters. The average Bonchev–Trinajstić information content (AvgIpc) is 2.55. The molecule has 7 nitrogen and oxygen atoms in total. The predicted molar refractivity (Wildman–Crippen MR) is 102 cm³/mol. The number of nitrogens with zero attached hydrogens (tertiary/aromatic N) is 1. The van der Waals surface area contributed by atoms with Crippen molar-refractivity contribution in [2.45, 2.75) is 14.7 Å². The maximum absolute atomic E-state index is 12.8. The molecule has 0 saturated heterocycles. The van der Waals surface area contributed by atoms with Crippen molar-refractivity contribution in [3.8, 4) is 0 Å². The Kier molecular flexibility index (Phi) is 5.99. The molecule has 0 aliphatic heterocycles. The zero-order chi connectivity index (χ0) is 19.5. The average molecular weight is 415 g/mol. The number of hydrogen-bond acceptors (Lipinski definition) is 6. The summed E-state index contributed by atoms with van der Waals surface area (Å²) in [6, 6.07) is 11.8. The molecule has 0 radical (unpaired) electrons. The number of nitrogens with one attached hydrogen (secondary N) is 1. The summed E-state index contributed by atoms with van der Waals surface area (Å²) in [7, 11) is -4.73. The third-order valence-corrected chi connectivity index (χ3v) is 7.06. The number of amides is 1. The van der Waals surface area contributed by atoms with Gasteiger partial charge in [-0.05, 0) is 36.0 Å². The van der Waals surface area contributed by atoms with Gasteiger partial charge in [-0.15, -0.1) is 0 Å². The van der Waals surface area contributed by atoms with E-state index in [0.29, 0.717) is 4.90 Å². The molecule has 0 aliphatic carbocycles. The molecule has 0 bridgehead atoms. The normalized spacial score (nSPS) is 11.8. The monoisotopic (exact) mass is 414 g/mol. The van der Waals surface area contributed by atoms with E-state index < -0.39 is 19.9 Å². The lowest BCUT2D eigenvalue weighted by Gasteiger charge is -2.15. The van der Waals surface area contributed by atoms with Gasteiger partial charge in [-0.2, -0.15) is 0 Å². The molecular formula is C16H18N2O5S3. The van der Waals surface area contributed by atoms with E-state index in [9.17, 15) is 21.6 Å². The summed E-state index contributed by atoms with van der Waals surface area (Å²) < 4.78 is 51.7. The molecule has 26 heavy (non-hydrogen) atoms. The highest BCUT2D eigenvalue weighted by atomic mass is 32.2. The van der Waals surface area contributed by atoms with E-state index in [1.807, 2.05) is 0 Å². The number of para-hydroxylation sites is 1. The number of hydrogen-bond donors (Lipinski definition) is 1. The number of carbonyl (C=O) groups excluding carboxylic acids is 1. The molecule has 1 amide bonds. The first kappa shape index (κ1) is 20.3. The number of sulfonamides is 1. The van der Waals surface area contributed by atoms with E-state index in [4.69, 9.17) is 0 Å². The van der Waals surface area contributed by atoms with Gasteiger partial charge in [0.05, 0.1) is 10.6 Å². The molecule has 1 N–H and O–H groups in total. The van der Waals surface area contributed by atoms with Crippen LogP contribution < -0.4 is 4.72 Å². The third-order valence-electron chi connectivity index (χ3n) is 3.23. The largest absolute Gasteiger partial charge is 0.339 e. The van der Waals surface area contributed by atoms with Crippen LogP contribution in [0.2, 0.25) is 0 Å². The Morgan fingerprint density at radius 2 is 1.46 bits per heavy atom. The maximum atomic E-state index is 12.8. The van der Waals surface area contributed by atoms with Crippen LogP contribution in [0.5, 0.6) is 0 Å². The highest BCUT2D eigenvalue weighted by Crippen LogP contribution is 2.31. The fourth-order valence-electron chi connectivity index (χ4n) is 2.00. The van der Waals surface area contributed by atoms with E-state index in [0.717, 1.165) is 18.0 Å². The van der Waals surface area contributed by atoms with Gasteiger partial charge < -0.3 is 4.90 Å². The Labute approximate surface area is 157 Å². The predicted octanol–water partition coefficient (Wildman–Crippen LogP) is 2.66. The topological polar surface area (TPSA) is 101 Å². The zero-order valence-corrected chi connectivity index (χ0v) is 16.8. The van der Waals surface area contributed by atoms with Crippen LogP contribution in [-0.4, -0.2) is 47.3 Å². The second kappa shape index (κ2) is 7.68. The van der Waals surface area contributed by atoms with Crippen molar-refractivity contribution in [1.29, 1.82) is 0 Å². The van der Waals surface area contributed by atoms with Gasteiger partial charge in [-0.25, -0.2) is 16.8 Å². The minimum atomic E-state index is -4.17. The quantitative estimate of drug-likeness (QED) is 0.755. The van der Waals surface area contributed by atoms with E-state index in [1.54, 1.807) is 32.3 Å². The number of sulfone groups is 1. The number of anilines is 1. The molecule has 0 atom stereocenters. The summed E-state index contributed by atoms with van der Waals surface area (Å²) in [5.41, 5.74) is 0.191. The minimum Gasteiger partial charge on any atom is -0.339 e. The second-order valence-electron chi connectivity index (χ2n) is 5.58. The van der Waals surface area contributed by atoms with Crippen LogP contribution in [0.4, 0.5) is 10.5 Å². The summed E-state index contributed by atoms with van der Waals surface area (Å²) in [6.45, 7) is 0. The number of carbonyl (C=O) groups is 1. The SMILES string of the molecule is CN(C)C(=O)Sc1ccccc1NS(=O)(=O)c1ccccc1S(C)(=O)=O. The lowest BCUT2D eigenvalue weighted by molar-refractivity contribution is 0.241. The van der Waals surface area contributed by atoms with E-state index >= 15 is 0 Å². The fraction of sp³-hybridized carbons (Fsp3) is 0.188. The van der Waals surface area contributed by atoms with Gasteiger partial charge in [0.1, 0.15) is 4.90 Å². The lowest BCUT2D eigenvalue weighted by Crippen LogP contribution is -2.18. The zero-order valence-electron chi connectivity index (χ0n) is 14.3. The van der Waals surface area contributed by atoms with Crippen molar-refractivity contribution in [1.82, 2.24) is 4.90 Å². The first-order valence-corrected chi connectivity index (χ1v) is 11.5. The molecule has 2 rings (SSSR count). The van der Waals surface area contributed by atoms with Crippen molar-refractivity contribution in [2.75, 3.05) is 25.1 Å². The molecule has 0 fully saturated rings. The third kappa shape index (κ3) is 4.77. The van der Waals surface area contributed by atoms with Gasteiger partial charge in [0.25, 0.3) is 15.3 Å². The fourth-order valence-corrected chi connectivity index (χ4v) is 5.53. The van der Waals surface area contributed by atoms with Crippen molar-refractivity contribution < 1.29 is 21.6 Å². The Balaban J connectivity index is 2.45. The smallest absolute Gasteiger partial charge is 0.286 e.